The molecule has 0 aliphatic carbocycles. The van der Waals surface area contributed by atoms with Gasteiger partial charge < -0.3 is 4.74 Å². The minimum Gasteiger partial charge on any atom is -0.456 e. The van der Waals surface area contributed by atoms with Crippen LogP contribution in [0, 0.1) is 0 Å². The van der Waals surface area contributed by atoms with Crippen LogP contribution in [0.15, 0.2) is 61.7 Å². The van der Waals surface area contributed by atoms with Crippen LogP contribution in [0.4, 0.5) is 0 Å². The highest BCUT2D eigenvalue weighted by Gasteiger charge is 1.93. The van der Waals surface area contributed by atoms with Crippen LogP contribution in [0.25, 0.3) is 0 Å². The lowest BCUT2D eigenvalue weighted by molar-refractivity contribution is 0.443. The standard InChI is InChI=1S/C11H11NO.C2H6/c1-3-6-10(4-2)13-11-7-5-8-12-9-11;1-2/h3-9H,1-2H2;1-2H3/b10-6+;. The molecule has 0 radical (unpaired) electrons. The molecule has 0 bridgehead atoms. The lowest BCUT2D eigenvalue weighted by Crippen LogP contribution is -1.91. The summed E-state index contributed by atoms with van der Waals surface area (Å²) >= 11 is 0. The zero-order chi connectivity index (χ0) is 11.5. The molecule has 0 saturated carbocycles. The molecule has 0 saturated heterocycles. The molecule has 0 aliphatic heterocycles. The number of allylic oxidation sites excluding steroid dienone is 3. The maximum absolute atomic E-state index is 5.41. The molecule has 1 rings (SSSR count). The fourth-order valence-electron chi connectivity index (χ4n) is 0.803. The molecule has 15 heavy (non-hydrogen) atoms. The van der Waals surface area contributed by atoms with E-state index in [4.69, 9.17) is 4.74 Å². The fraction of sp³-hybridized carbons (Fsp3) is 0.154. The van der Waals surface area contributed by atoms with Gasteiger partial charge in [0.15, 0.2) is 0 Å². The van der Waals surface area contributed by atoms with Gasteiger partial charge >= 0.3 is 0 Å². The molecule has 2 heteroatoms. The second-order valence-electron chi connectivity index (χ2n) is 2.30. The monoisotopic (exact) mass is 203 g/mol. The van der Waals surface area contributed by atoms with Crippen molar-refractivity contribution < 1.29 is 4.74 Å². The van der Waals surface area contributed by atoms with Crippen LogP contribution < -0.4 is 4.74 Å². The van der Waals surface area contributed by atoms with Crippen LogP contribution in [0.5, 0.6) is 5.75 Å². The van der Waals surface area contributed by atoms with E-state index < -0.39 is 0 Å². The second-order valence-corrected chi connectivity index (χ2v) is 2.30. The molecule has 1 aromatic rings. The van der Waals surface area contributed by atoms with Crippen molar-refractivity contribution in [3.63, 3.8) is 0 Å². The van der Waals surface area contributed by atoms with E-state index in [1.165, 1.54) is 0 Å². The Kier molecular flexibility index (Phi) is 7.69. The van der Waals surface area contributed by atoms with Gasteiger partial charge in [0.05, 0.1) is 6.20 Å². The Balaban J connectivity index is 0.000000921. The predicted octanol–water partition coefficient (Wildman–Crippen LogP) is 3.74. The van der Waals surface area contributed by atoms with E-state index in [9.17, 15) is 0 Å². The topological polar surface area (TPSA) is 22.1 Å². The Morgan fingerprint density at radius 2 is 2.13 bits per heavy atom. The van der Waals surface area contributed by atoms with Crippen LogP contribution in [-0.2, 0) is 0 Å². The molecule has 2 nitrogen and oxygen atoms in total. The Morgan fingerprint density at radius 3 is 2.60 bits per heavy atom. The van der Waals surface area contributed by atoms with Crippen molar-refractivity contribution in [1.82, 2.24) is 4.98 Å². The van der Waals surface area contributed by atoms with Gasteiger partial charge in [0, 0.05) is 6.20 Å². The quantitative estimate of drug-likeness (QED) is 0.549. The van der Waals surface area contributed by atoms with E-state index in [1.54, 1.807) is 30.6 Å². The number of aromatic nitrogens is 1. The molecule has 80 valence electrons. The van der Waals surface area contributed by atoms with Crippen molar-refractivity contribution in [2.45, 2.75) is 13.8 Å². The Morgan fingerprint density at radius 1 is 1.40 bits per heavy atom. The van der Waals surface area contributed by atoms with Gasteiger partial charge in [-0.05, 0) is 24.3 Å². The smallest absolute Gasteiger partial charge is 0.145 e. The SMILES string of the molecule is C=C/C=C(\C=C)Oc1cccnc1.CC. The van der Waals surface area contributed by atoms with Gasteiger partial charge in [-0.2, -0.15) is 0 Å². The van der Waals surface area contributed by atoms with Crippen LogP contribution in [0.1, 0.15) is 13.8 Å². The summed E-state index contributed by atoms with van der Waals surface area (Å²) in [5.41, 5.74) is 0. The van der Waals surface area contributed by atoms with Crippen molar-refractivity contribution >= 4 is 0 Å². The van der Waals surface area contributed by atoms with E-state index in [2.05, 4.69) is 18.1 Å². The first kappa shape index (κ1) is 13.2. The summed E-state index contributed by atoms with van der Waals surface area (Å²) in [6, 6.07) is 3.64. The molecule has 0 spiro atoms. The third-order valence-corrected chi connectivity index (χ3v) is 1.35. The van der Waals surface area contributed by atoms with Crippen LogP contribution in [-0.4, -0.2) is 4.98 Å². The zero-order valence-electron chi connectivity index (χ0n) is 9.31. The highest BCUT2D eigenvalue weighted by molar-refractivity contribution is 5.24. The second kappa shape index (κ2) is 8.75. The number of hydrogen-bond donors (Lipinski definition) is 0. The molecule has 1 heterocycles. The first-order valence-corrected chi connectivity index (χ1v) is 4.90. The van der Waals surface area contributed by atoms with Crippen LogP contribution in [0.3, 0.4) is 0 Å². The third kappa shape index (κ3) is 5.47. The Labute approximate surface area is 91.6 Å². The highest BCUT2D eigenvalue weighted by atomic mass is 16.5. The molecular weight excluding hydrogens is 186 g/mol. The summed E-state index contributed by atoms with van der Waals surface area (Å²) < 4.78 is 5.41. The summed E-state index contributed by atoms with van der Waals surface area (Å²) in [5, 5.41) is 0. The lowest BCUT2D eigenvalue weighted by atomic mass is 10.4. The Bertz CT molecular complexity index is 315. The number of pyridine rings is 1. The molecular formula is C13H17NO. The number of rotatable bonds is 4. The number of nitrogens with zero attached hydrogens (tertiary/aromatic N) is 1. The van der Waals surface area contributed by atoms with Gasteiger partial charge in [-0.25, -0.2) is 0 Å². The summed E-state index contributed by atoms with van der Waals surface area (Å²) in [5.74, 6) is 1.35. The van der Waals surface area contributed by atoms with Crippen LogP contribution in [0.2, 0.25) is 0 Å². The van der Waals surface area contributed by atoms with E-state index in [1.807, 2.05) is 26.0 Å². The summed E-state index contributed by atoms with van der Waals surface area (Å²) in [4.78, 5) is 3.92. The molecule has 0 unspecified atom stereocenters. The molecule has 0 fully saturated rings. The Hall–Kier alpha value is -1.83. The van der Waals surface area contributed by atoms with Gasteiger partial charge in [-0.3, -0.25) is 4.98 Å². The fourth-order valence-corrected chi connectivity index (χ4v) is 0.803. The number of hydrogen-bond acceptors (Lipinski definition) is 2. The normalized spacial score (nSPS) is 9.60. The van der Waals surface area contributed by atoms with Gasteiger partial charge in [-0.1, -0.05) is 33.1 Å². The zero-order valence-corrected chi connectivity index (χ0v) is 9.31. The molecule has 0 amide bonds. The van der Waals surface area contributed by atoms with Gasteiger partial charge in [0.1, 0.15) is 11.5 Å². The minimum atomic E-state index is 0.656. The summed E-state index contributed by atoms with van der Waals surface area (Å²) in [7, 11) is 0. The van der Waals surface area contributed by atoms with Crippen LogP contribution >= 0.6 is 0 Å². The first-order valence-electron chi connectivity index (χ1n) is 4.90. The van der Waals surface area contributed by atoms with E-state index in [0.29, 0.717) is 11.5 Å². The van der Waals surface area contributed by atoms with Crippen molar-refractivity contribution in [2.24, 2.45) is 0 Å². The van der Waals surface area contributed by atoms with Gasteiger partial charge in [-0.15, -0.1) is 0 Å². The van der Waals surface area contributed by atoms with Crippen molar-refractivity contribution in [2.75, 3.05) is 0 Å². The maximum Gasteiger partial charge on any atom is 0.145 e. The third-order valence-electron chi connectivity index (χ3n) is 1.35. The average molecular weight is 203 g/mol. The lowest BCUT2D eigenvalue weighted by Gasteiger charge is -2.03. The van der Waals surface area contributed by atoms with Crippen molar-refractivity contribution in [3.05, 3.63) is 61.7 Å². The predicted molar refractivity (Wildman–Crippen MR) is 64.7 cm³/mol. The summed E-state index contributed by atoms with van der Waals surface area (Å²) in [6.07, 6.45) is 8.33. The highest BCUT2D eigenvalue weighted by Crippen LogP contribution is 2.11. The largest absolute Gasteiger partial charge is 0.456 e. The molecule has 0 atom stereocenters. The number of ether oxygens (including phenoxy) is 1. The van der Waals surface area contributed by atoms with Gasteiger partial charge in [0.2, 0.25) is 0 Å². The molecule has 0 aliphatic rings. The first-order chi connectivity index (χ1) is 7.36. The maximum atomic E-state index is 5.41. The average Bonchev–Trinajstić information content (AvgIpc) is 2.32. The molecule has 0 N–H and O–H groups in total. The van der Waals surface area contributed by atoms with E-state index in [-0.39, 0.29) is 0 Å². The molecule has 1 aromatic heterocycles. The van der Waals surface area contributed by atoms with Crippen molar-refractivity contribution in [3.8, 4) is 5.75 Å². The van der Waals surface area contributed by atoms with Crippen molar-refractivity contribution in [1.29, 1.82) is 0 Å². The van der Waals surface area contributed by atoms with Gasteiger partial charge in [0.25, 0.3) is 0 Å². The van der Waals surface area contributed by atoms with E-state index in [0.717, 1.165) is 0 Å². The van der Waals surface area contributed by atoms with E-state index >= 15 is 0 Å². The molecule has 0 aromatic carbocycles. The minimum absolute atomic E-state index is 0.656. The summed E-state index contributed by atoms with van der Waals surface area (Å²) in [6.45, 7) is 11.2.